The van der Waals surface area contributed by atoms with Gasteiger partial charge in [-0.1, -0.05) is 98.1 Å². The second-order valence-electron chi connectivity index (χ2n) is 9.10. The highest BCUT2D eigenvalue weighted by molar-refractivity contribution is 5.63. The van der Waals surface area contributed by atoms with E-state index in [1.807, 2.05) is 6.07 Å². The van der Waals surface area contributed by atoms with Crippen LogP contribution in [0.4, 0.5) is 0 Å². The Hall–Kier alpha value is -3.35. The molecule has 1 aliphatic rings. The molecule has 0 bridgehead atoms. The third-order valence-corrected chi connectivity index (χ3v) is 6.79. The topological polar surface area (TPSA) is 81.7 Å². The SMILES string of the molecule is NCc1cccc(CNC(c2ccc(-c3ccccc3)cc2)c2nnnn2C2CCCCC2)c1. The van der Waals surface area contributed by atoms with Gasteiger partial charge in [0, 0.05) is 13.1 Å². The van der Waals surface area contributed by atoms with E-state index >= 15 is 0 Å². The van der Waals surface area contributed by atoms with Crippen LogP contribution in [0.25, 0.3) is 11.1 Å². The third-order valence-electron chi connectivity index (χ3n) is 6.79. The van der Waals surface area contributed by atoms with Crippen molar-refractivity contribution < 1.29 is 0 Å². The minimum atomic E-state index is -0.108. The van der Waals surface area contributed by atoms with Gasteiger partial charge in [0.15, 0.2) is 5.82 Å². The van der Waals surface area contributed by atoms with E-state index in [-0.39, 0.29) is 6.04 Å². The molecule has 1 unspecified atom stereocenters. The maximum absolute atomic E-state index is 5.86. The number of nitrogens with two attached hydrogens (primary N) is 1. The molecule has 3 N–H and O–H groups in total. The van der Waals surface area contributed by atoms with Crippen molar-refractivity contribution in [1.82, 2.24) is 25.5 Å². The number of rotatable bonds is 8. The highest BCUT2D eigenvalue weighted by atomic mass is 15.6. The normalized spacial score (nSPS) is 15.3. The van der Waals surface area contributed by atoms with Crippen LogP contribution in [0.3, 0.4) is 0 Å². The van der Waals surface area contributed by atoms with Gasteiger partial charge in [-0.2, -0.15) is 0 Å². The lowest BCUT2D eigenvalue weighted by atomic mass is 9.95. The smallest absolute Gasteiger partial charge is 0.173 e. The van der Waals surface area contributed by atoms with Crippen LogP contribution in [0.2, 0.25) is 0 Å². The summed E-state index contributed by atoms with van der Waals surface area (Å²) in [4.78, 5) is 0. The average Bonchev–Trinajstić information content (AvgIpc) is 3.40. The molecule has 0 saturated heterocycles. The average molecular weight is 453 g/mol. The molecule has 0 aliphatic heterocycles. The van der Waals surface area contributed by atoms with Crippen LogP contribution in [0.1, 0.15) is 66.7 Å². The Kier molecular flexibility index (Phi) is 7.08. The molecule has 1 aromatic heterocycles. The molecule has 0 spiro atoms. The second-order valence-corrected chi connectivity index (χ2v) is 9.10. The molecule has 34 heavy (non-hydrogen) atoms. The van der Waals surface area contributed by atoms with Crippen molar-refractivity contribution in [2.75, 3.05) is 0 Å². The van der Waals surface area contributed by atoms with Crippen molar-refractivity contribution in [3.8, 4) is 11.1 Å². The molecule has 1 saturated carbocycles. The summed E-state index contributed by atoms with van der Waals surface area (Å²) in [6, 6.07) is 27.9. The van der Waals surface area contributed by atoms with Gasteiger partial charge < -0.3 is 5.73 Å². The van der Waals surface area contributed by atoms with Gasteiger partial charge in [-0.25, -0.2) is 4.68 Å². The fourth-order valence-corrected chi connectivity index (χ4v) is 4.92. The summed E-state index contributed by atoms with van der Waals surface area (Å²) in [6.07, 6.45) is 6.04. The largest absolute Gasteiger partial charge is 0.326 e. The summed E-state index contributed by atoms with van der Waals surface area (Å²) in [5.74, 6) is 0.884. The van der Waals surface area contributed by atoms with Crippen LogP contribution in [-0.4, -0.2) is 20.2 Å². The summed E-state index contributed by atoms with van der Waals surface area (Å²) < 4.78 is 2.07. The van der Waals surface area contributed by atoms with E-state index in [4.69, 9.17) is 5.73 Å². The fourth-order valence-electron chi connectivity index (χ4n) is 4.92. The van der Waals surface area contributed by atoms with Crippen molar-refractivity contribution >= 4 is 0 Å². The number of nitrogens with zero attached hydrogens (tertiary/aromatic N) is 4. The van der Waals surface area contributed by atoms with Crippen LogP contribution < -0.4 is 11.1 Å². The monoisotopic (exact) mass is 452 g/mol. The van der Waals surface area contributed by atoms with Crippen LogP contribution in [0.5, 0.6) is 0 Å². The first kappa shape index (κ1) is 22.4. The minimum absolute atomic E-state index is 0.108. The maximum atomic E-state index is 5.86. The molecular formula is C28H32N6. The van der Waals surface area contributed by atoms with E-state index in [0.29, 0.717) is 19.1 Å². The van der Waals surface area contributed by atoms with Gasteiger partial charge in [0.25, 0.3) is 0 Å². The lowest BCUT2D eigenvalue weighted by molar-refractivity contribution is 0.310. The van der Waals surface area contributed by atoms with E-state index < -0.39 is 0 Å². The van der Waals surface area contributed by atoms with Crippen molar-refractivity contribution in [2.45, 2.75) is 57.3 Å². The van der Waals surface area contributed by atoms with E-state index in [1.54, 1.807) is 0 Å². The number of hydrogen-bond donors (Lipinski definition) is 2. The molecule has 1 fully saturated rings. The summed E-state index contributed by atoms with van der Waals surface area (Å²) >= 11 is 0. The molecular weight excluding hydrogens is 420 g/mol. The van der Waals surface area contributed by atoms with E-state index in [0.717, 1.165) is 29.8 Å². The Bertz CT molecular complexity index is 1180. The molecule has 1 atom stereocenters. The molecule has 6 heteroatoms. The van der Waals surface area contributed by atoms with Crippen molar-refractivity contribution in [1.29, 1.82) is 0 Å². The number of hydrogen-bond acceptors (Lipinski definition) is 5. The Balaban J connectivity index is 1.45. The summed E-state index contributed by atoms with van der Waals surface area (Å²) in [5, 5.41) is 16.8. The number of tetrazole rings is 1. The van der Waals surface area contributed by atoms with Crippen LogP contribution in [-0.2, 0) is 13.1 Å². The van der Waals surface area contributed by atoms with Crippen molar-refractivity contribution in [2.24, 2.45) is 5.73 Å². The standard InChI is InChI=1S/C28H32N6/c29-19-21-8-7-9-22(18-21)20-30-27(28-31-32-33-34(28)26-12-5-2-6-13-26)25-16-14-24(15-17-25)23-10-3-1-4-11-23/h1,3-4,7-11,14-18,26-27,30H,2,5-6,12-13,19-20,29H2. The molecule has 4 aromatic rings. The molecule has 5 rings (SSSR count). The number of aromatic nitrogens is 4. The molecule has 0 amide bonds. The van der Waals surface area contributed by atoms with Crippen LogP contribution in [0.15, 0.2) is 78.9 Å². The fraction of sp³-hybridized carbons (Fsp3) is 0.321. The lowest BCUT2D eigenvalue weighted by Gasteiger charge is -2.25. The Morgan fingerprint density at radius 3 is 2.35 bits per heavy atom. The van der Waals surface area contributed by atoms with Gasteiger partial charge in [-0.3, -0.25) is 5.32 Å². The van der Waals surface area contributed by atoms with Crippen LogP contribution in [0, 0.1) is 0 Å². The molecule has 1 aliphatic carbocycles. The summed E-state index contributed by atoms with van der Waals surface area (Å²) in [5.41, 5.74) is 11.8. The van der Waals surface area contributed by atoms with Gasteiger partial charge >= 0.3 is 0 Å². The Labute approximate surface area is 201 Å². The number of benzene rings is 3. The minimum Gasteiger partial charge on any atom is -0.326 e. The van der Waals surface area contributed by atoms with E-state index in [9.17, 15) is 0 Å². The molecule has 174 valence electrons. The number of nitrogens with one attached hydrogen (secondary N) is 1. The van der Waals surface area contributed by atoms with Gasteiger partial charge in [-0.15, -0.1) is 5.10 Å². The summed E-state index contributed by atoms with van der Waals surface area (Å²) in [6.45, 7) is 1.24. The lowest BCUT2D eigenvalue weighted by Crippen LogP contribution is -2.28. The first-order valence-corrected chi connectivity index (χ1v) is 12.3. The van der Waals surface area contributed by atoms with Crippen LogP contribution >= 0.6 is 0 Å². The quantitative estimate of drug-likeness (QED) is 0.385. The molecule has 6 nitrogen and oxygen atoms in total. The zero-order chi connectivity index (χ0) is 23.2. The van der Waals surface area contributed by atoms with Gasteiger partial charge in [0.2, 0.25) is 0 Å². The zero-order valence-electron chi connectivity index (χ0n) is 19.5. The van der Waals surface area contributed by atoms with E-state index in [1.165, 1.54) is 36.0 Å². The predicted molar refractivity (Wildman–Crippen MR) is 135 cm³/mol. The highest BCUT2D eigenvalue weighted by Crippen LogP contribution is 2.31. The van der Waals surface area contributed by atoms with Gasteiger partial charge in [-0.05, 0) is 51.1 Å². The third kappa shape index (κ3) is 5.08. The van der Waals surface area contributed by atoms with Gasteiger partial charge in [0.1, 0.15) is 0 Å². The second kappa shape index (κ2) is 10.7. The van der Waals surface area contributed by atoms with Gasteiger partial charge in [0.05, 0.1) is 12.1 Å². The van der Waals surface area contributed by atoms with E-state index in [2.05, 4.69) is 98.3 Å². The first-order valence-electron chi connectivity index (χ1n) is 12.3. The highest BCUT2D eigenvalue weighted by Gasteiger charge is 2.26. The molecule has 3 aromatic carbocycles. The molecule has 0 radical (unpaired) electrons. The maximum Gasteiger partial charge on any atom is 0.173 e. The first-order chi connectivity index (χ1) is 16.8. The van der Waals surface area contributed by atoms with Crippen molar-refractivity contribution in [3.05, 3.63) is 101 Å². The Morgan fingerprint density at radius 1 is 0.853 bits per heavy atom. The Morgan fingerprint density at radius 2 is 1.59 bits per heavy atom. The molecule has 1 heterocycles. The summed E-state index contributed by atoms with van der Waals surface area (Å²) in [7, 11) is 0. The zero-order valence-corrected chi connectivity index (χ0v) is 19.5. The van der Waals surface area contributed by atoms with Crippen molar-refractivity contribution in [3.63, 3.8) is 0 Å². The predicted octanol–water partition coefficient (Wildman–Crippen LogP) is 5.18.